The van der Waals surface area contributed by atoms with Crippen molar-refractivity contribution in [2.75, 3.05) is 13.7 Å². The fraction of sp³-hybridized carbons (Fsp3) is 0.231. The predicted molar refractivity (Wildman–Crippen MR) is 124 cm³/mol. The van der Waals surface area contributed by atoms with Gasteiger partial charge in [0, 0.05) is 12.2 Å². The van der Waals surface area contributed by atoms with Gasteiger partial charge in [-0.1, -0.05) is 19.1 Å². The maximum Gasteiger partial charge on any atom is 0.416 e. The van der Waals surface area contributed by atoms with Crippen LogP contribution in [-0.2, 0) is 12.7 Å². The summed E-state index contributed by atoms with van der Waals surface area (Å²) >= 11 is 0. The van der Waals surface area contributed by atoms with Crippen molar-refractivity contribution in [3.05, 3.63) is 89.5 Å². The van der Waals surface area contributed by atoms with Gasteiger partial charge >= 0.3 is 6.18 Å². The van der Waals surface area contributed by atoms with Crippen molar-refractivity contribution in [3.8, 4) is 11.4 Å². The van der Waals surface area contributed by atoms with E-state index in [2.05, 4.69) is 0 Å². The van der Waals surface area contributed by atoms with E-state index in [0.717, 1.165) is 17.3 Å². The summed E-state index contributed by atoms with van der Waals surface area (Å²) in [7, 11) is 1.57. The fourth-order valence-electron chi connectivity index (χ4n) is 3.93. The second-order valence-electron chi connectivity index (χ2n) is 7.97. The molecule has 182 valence electrons. The molecule has 3 aromatic carbocycles. The monoisotopic (exact) mass is 485 g/mol. The molecule has 0 aliphatic rings. The number of rotatable bonds is 7. The summed E-state index contributed by atoms with van der Waals surface area (Å²) in [5.41, 5.74) is 0.757. The van der Waals surface area contributed by atoms with Crippen molar-refractivity contribution in [1.82, 2.24) is 14.5 Å². The molecule has 4 aromatic rings. The molecule has 5 nitrogen and oxygen atoms in total. The zero-order valence-corrected chi connectivity index (χ0v) is 19.1. The zero-order chi connectivity index (χ0) is 25.2. The molecule has 0 spiro atoms. The summed E-state index contributed by atoms with van der Waals surface area (Å²) in [4.78, 5) is 19.3. The molecule has 0 aliphatic heterocycles. The molecule has 0 atom stereocenters. The van der Waals surface area contributed by atoms with Gasteiger partial charge < -0.3 is 9.64 Å². The van der Waals surface area contributed by atoms with E-state index in [4.69, 9.17) is 9.72 Å². The largest absolute Gasteiger partial charge is 0.497 e. The smallest absolute Gasteiger partial charge is 0.416 e. The van der Waals surface area contributed by atoms with Crippen molar-refractivity contribution < 1.29 is 27.1 Å². The molecule has 1 heterocycles. The Morgan fingerprint density at radius 1 is 1.06 bits per heavy atom. The number of carbonyl (C=O) groups is 1. The number of alkyl halides is 3. The molecule has 0 radical (unpaired) electrons. The Labute approximate surface area is 199 Å². The zero-order valence-electron chi connectivity index (χ0n) is 19.1. The van der Waals surface area contributed by atoms with Gasteiger partial charge in [0.1, 0.15) is 17.4 Å². The van der Waals surface area contributed by atoms with Gasteiger partial charge in [-0.2, -0.15) is 13.2 Å². The van der Waals surface area contributed by atoms with Gasteiger partial charge in [0.15, 0.2) is 0 Å². The number of nitrogens with zero attached hydrogens (tertiary/aromatic N) is 3. The summed E-state index contributed by atoms with van der Waals surface area (Å²) in [5, 5.41) is 0. The van der Waals surface area contributed by atoms with Crippen LogP contribution in [0.2, 0.25) is 0 Å². The normalized spacial score (nSPS) is 11.6. The lowest BCUT2D eigenvalue weighted by atomic mass is 10.1. The number of ether oxygens (including phenoxy) is 1. The average molecular weight is 485 g/mol. The number of imidazole rings is 1. The highest BCUT2D eigenvalue weighted by molar-refractivity contribution is 5.94. The van der Waals surface area contributed by atoms with Crippen LogP contribution in [-0.4, -0.2) is 34.0 Å². The lowest BCUT2D eigenvalue weighted by molar-refractivity contribution is -0.137. The third kappa shape index (κ3) is 4.99. The van der Waals surface area contributed by atoms with Gasteiger partial charge in [-0.15, -0.1) is 0 Å². The highest BCUT2D eigenvalue weighted by Crippen LogP contribution is 2.31. The Balaban J connectivity index is 1.73. The van der Waals surface area contributed by atoms with E-state index in [1.165, 1.54) is 4.90 Å². The van der Waals surface area contributed by atoms with E-state index in [-0.39, 0.29) is 13.1 Å². The van der Waals surface area contributed by atoms with Gasteiger partial charge in [-0.05, 0) is 61.0 Å². The Morgan fingerprint density at radius 2 is 1.77 bits per heavy atom. The van der Waals surface area contributed by atoms with Crippen molar-refractivity contribution in [2.45, 2.75) is 26.1 Å². The number of fused-ring (bicyclic) bond motifs is 1. The standard InChI is InChI=1S/C26H23F4N3O2/c1-3-14-32(25(34)20-13-8-17(15-21(20)27)26(28,29)30)16-24-31-22-6-4-5-7-23(22)33(24)18-9-11-19(35-2)12-10-18/h4-13,15H,3,14,16H2,1-2H3. The number of aromatic nitrogens is 2. The molecule has 0 unspecified atom stereocenters. The molecule has 0 N–H and O–H groups in total. The summed E-state index contributed by atoms with van der Waals surface area (Å²) in [6.45, 7) is 2.16. The van der Waals surface area contributed by atoms with E-state index < -0.39 is 29.0 Å². The van der Waals surface area contributed by atoms with Gasteiger partial charge in [0.2, 0.25) is 0 Å². The van der Waals surface area contributed by atoms with Crippen molar-refractivity contribution in [3.63, 3.8) is 0 Å². The van der Waals surface area contributed by atoms with Crippen molar-refractivity contribution in [1.29, 1.82) is 0 Å². The maximum atomic E-state index is 14.6. The molecular formula is C26H23F4N3O2. The number of methoxy groups -OCH3 is 1. The Hall–Kier alpha value is -3.88. The van der Waals surface area contributed by atoms with E-state index in [0.29, 0.717) is 35.6 Å². The summed E-state index contributed by atoms with van der Waals surface area (Å²) in [6, 6.07) is 16.8. The molecular weight excluding hydrogens is 462 g/mol. The Morgan fingerprint density at radius 3 is 2.40 bits per heavy atom. The van der Waals surface area contributed by atoms with Crippen LogP contribution >= 0.6 is 0 Å². The van der Waals surface area contributed by atoms with Crippen LogP contribution in [0.15, 0.2) is 66.7 Å². The van der Waals surface area contributed by atoms with Gasteiger partial charge in [-0.25, -0.2) is 9.37 Å². The van der Waals surface area contributed by atoms with E-state index in [1.54, 1.807) is 19.2 Å². The molecule has 35 heavy (non-hydrogen) atoms. The molecule has 0 aliphatic carbocycles. The van der Waals surface area contributed by atoms with Crippen LogP contribution in [0.1, 0.15) is 35.1 Å². The molecule has 4 rings (SSSR count). The second kappa shape index (κ2) is 9.77. The van der Waals surface area contributed by atoms with Crippen LogP contribution in [0.4, 0.5) is 17.6 Å². The molecule has 0 bridgehead atoms. The number of hydrogen-bond donors (Lipinski definition) is 0. The molecule has 1 aromatic heterocycles. The van der Waals surface area contributed by atoms with E-state index in [1.807, 2.05) is 47.9 Å². The lowest BCUT2D eigenvalue weighted by Gasteiger charge is -2.23. The summed E-state index contributed by atoms with van der Waals surface area (Å²) in [5.74, 6) is -0.702. The first-order valence-electron chi connectivity index (χ1n) is 11.0. The number of benzene rings is 3. The van der Waals surface area contributed by atoms with E-state index in [9.17, 15) is 22.4 Å². The molecule has 0 fully saturated rings. The number of carbonyl (C=O) groups excluding carboxylic acids is 1. The fourth-order valence-corrected chi connectivity index (χ4v) is 3.93. The van der Waals surface area contributed by atoms with Crippen molar-refractivity contribution >= 4 is 16.9 Å². The third-order valence-electron chi connectivity index (χ3n) is 5.60. The minimum Gasteiger partial charge on any atom is -0.497 e. The first kappa shape index (κ1) is 24.3. The predicted octanol–water partition coefficient (Wildman–Crippen LogP) is 6.24. The minimum absolute atomic E-state index is 0.0356. The van der Waals surface area contributed by atoms with Crippen LogP contribution in [0.25, 0.3) is 16.7 Å². The SMILES string of the molecule is CCCN(Cc1nc2ccccc2n1-c1ccc(OC)cc1)C(=O)c1ccc(C(F)(F)F)cc1F. The first-order valence-corrected chi connectivity index (χ1v) is 11.0. The minimum atomic E-state index is -4.70. The van der Waals surface area contributed by atoms with E-state index >= 15 is 0 Å². The first-order chi connectivity index (χ1) is 16.7. The third-order valence-corrected chi connectivity index (χ3v) is 5.60. The number of halogens is 4. The van der Waals surface area contributed by atoms with Gasteiger partial charge in [-0.3, -0.25) is 9.36 Å². The number of hydrogen-bond acceptors (Lipinski definition) is 3. The number of amides is 1. The summed E-state index contributed by atoms with van der Waals surface area (Å²) in [6.07, 6.45) is -4.13. The molecule has 0 saturated carbocycles. The second-order valence-corrected chi connectivity index (χ2v) is 7.97. The molecule has 1 amide bonds. The average Bonchev–Trinajstić information content (AvgIpc) is 3.20. The van der Waals surface area contributed by atoms with Crippen LogP contribution in [0.3, 0.4) is 0 Å². The maximum absolute atomic E-state index is 14.6. The van der Waals surface area contributed by atoms with Crippen LogP contribution in [0, 0.1) is 5.82 Å². The number of para-hydroxylation sites is 2. The highest BCUT2D eigenvalue weighted by atomic mass is 19.4. The molecule has 9 heteroatoms. The highest BCUT2D eigenvalue weighted by Gasteiger charge is 2.32. The van der Waals surface area contributed by atoms with Crippen molar-refractivity contribution in [2.24, 2.45) is 0 Å². The topological polar surface area (TPSA) is 47.4 Å². The Kier molecular flexibility index (Phi) is 6.77. The van der Waals surface area contributed by atoms with Crippen LogP contribution in [0.5, 0.6) is 5.75 Å². The van der Waals surface area contributed by atoms with Gasteiger partial charge in [0.25, 0.3) is 5.91 Å². The lowest BCUT2D eigenvalue weighted by Crippen LogP contribution is -2.33. The molecule has 0 saturated heterocycles. The van der Waals surface area contributed by atoms with Gasteiger partial charge in [0.05, 0.1) is 35.8 Å². The Bertz CT molecular complexity index is 1350. The quantitative estimate of drug-likeness (QED) is 0.291. The summed E-state index contributed by atoms with van der Waals surface area (Å²) < 4.78 is 60.5. The van der Waals surface area contributed by atoms with Crippen LogP contribution < -0.4 is 4.74 Å².